The monoisotopic (exact) mass is 270 g/mol. The lowest BCUT2D eigenvalue weighted by Gasteiger charge is -2.30. The van der Waals surface area contributed by atoms with Crippen LogP contribution < -0.4 is 0 Å². The Morgan fingerprint density at radius 2 is 2.00 bits per heavy atom. The van der Waals surface area contributed by atoms with Crippen molar-refractivity contribution in [1.29, 1.82) is 0 Å². The number of carboxylic acids is 1. The molecule has 1 unspecified atom stereocenters. The average Bonchev–Trinajstić information content (AvgIpc) is 2.40. The van der Waals surface area contributed by atoms with Crippen molar-refractivity contribution in [1.82, 2.24) is 9.80 Å². The highest BCUT2D eigenvalue weighted by molar-refractivity contribution is 5.76. The molecule has 19 heavy (non-hydrogen) atoms. The number of aliphatic carboxylic acids is 1. The summed E-state index contributed by atoms with van der Waals surface area (Å²) in [6.07, 6.45) is 3.11. The van der Waals surface area contributed by atoms with Crippen molar-refractivity contribution >= 4 is 11.9 Å². The lowest BCUT2D eigenvalue weighted by atomic mass is 9.98. The van der Waals surface area contributed by atoms with Crippen molar-refractivity contribution < 1.29 is 14.7 Å². The number of amides is 1. The van der Waals surface area contributed by atoms with E-state index in [1.54, 1.807) is 0 Å². The molecule has 1 saturated heterocycles. The maximum atomic E-state index is 11.8. The maximum Gasteiger partial charge on any atom is 0.307 e. The molecule has 1 fully saturated rings. The molecule has 1 N–H and O–H groups in total. The first-order valence-corrected chi connectivity index (χ1v) is 7.31. The fraction of sp³-hybridized carbons (Fsp3) is 0.857. The molecule has 1 amide bonds. The summed E-state index contributed by atoms with van der Waals surface area (Å²) in [5, 5.41) is 9.02. The van der Waals surface area contributed by atoms with Crippen LogP contribution in [0.2, 0.25) is 0 Å². The standard InChI is InChI=1S/C14H26N2O3/c1-3-16(4-2)13(17)8-6-10-15-9-5-7-12(11-15)14(18)19/h12H,3-11H2,1-2H3,(H,18,19). The second-order valence-corrected chi connectivity index (χ2v) is 5.15. The Morgan fingerprint density at radius 1 is 1.32 bits per heavy atom. The molecule has 1 aliphatic heterocycles. The molecule has 1 heterocycles. The molecule has 1 atom stereocenters. The quantitative estimate of drug-likeness (QED) is 0.760. The molecule has 1 rings (SSSR count). The van der Waals surface area contributed by atoms with E-state index in [4.69, 9.17) is 5.11 Å². The summed E-state index contributed by atoms with van der Waals surface area (Å²) in [7, 11) is 0. The molecule has 0 aromatic carbocycles. The number of likely N-dealkylation sites (tertiary alicyclic amines) is 1. The van der Waals surface area contributed by atoms with Crippen LogP contribution in [0.25, 0.3) is 0 Å². The van der Waals surface area contributed by atoms with E-state index in [9.17, 15) is 9.59 Å². The lowest BCUT2D eigenvalue weighted by Crippen LogP contribution is -2.39. The average molecular weight is 270 g/mol. The number of carbonyl (C=O) groups excluding carboxylic acids is 1. The van der Waals surface area contributed by atoms with E-state index in [-0.39, 0.29) is 11.8 Å². The summed E-state index contributed by atoms with van der Waals surface area (Å²) in [5.74, 6) is -0.715. The molecule has 5 heteroatoms. The van der Waals surface area contributed by atoms with Gasteiger partial charge >= 0.3 is 5.97 Å². The number of carboxylic acid groups (broad SMARTS) is 1. The minimum atomic E-state index is -0.691. The molecule has 0 aromatic rings. The van der Waals surface area contributed by atoms with Crippen molar-refractivity contribution in [3.8, 4) is 0 Å². The third kappa shape index (κ3) is 5.19. The molecule has 0 aliphatic carbocycles. The van der Waals surface area contributed by atoms with Crippen LogP contribution >= 0.6 is 0 Å². The smallest absolute Gasteiger partial charge is 0.307 e. The Labute approximate surface area is 115 Å². The van der Waals surface area contributed by atoms with Gasteiger partial charge < -0.3 is 14.9 Å². The largest absolute Gasteiger partial charge is 0.481 e. The summed E-state index contributed by atoms with van der Waals surface area (Å²) < 4.78 is 0. The number of carbonyl (C=O) groups is 2. The Hall–Kier alpha value is -1.10. The minimum Gasteiger partial charge on any atom is -0.481 e. The highest BCUT2D eigenvalue weighted by Gasteiger charge is 2.25. The Morgan fingerprint density at radius 3 is 2.58 bits per heavy atom. The summed E-state index contributed by atoms with van der Waals surface area (Å²) in [4.78, 5) is 26.8. The van der Waals surface area contributed by atoms with Gasteiger partial charge in [0.1, 0.15) is 0 Å². The molecule has 0 radical (unpaired) electrons. The Bertz CT molecular complexity index is 303. The van der Waals surface area contributed by atoms with Crippen LogP contribution in [0.15, 0.2) is 0 Å². The van der Waals surface area contributed by atoms with Gasteiger partial charge in [-0.25, -0.2) is 0 Å². The fourth-order valence-electron chi connectivity index (χ4n) is 2.65. The number of rotatable bonds is 7. The molecule has 0 spiro atoms. The van der Waals surface area contributed by atoms with Crippen molar-refractivity contribution in [3.05, 3.63) is 0 Å². The predicted molar refractivity (Wildman–Crippen MR) is 74.0 cm³/mol. The van der Waals surface area contributed by atoms with Crippen LogP contribution in [-0.2, 0) is 9.59 Å². The van der Waals surface area contributed by atoms with E-state index < -0.39 is 5.97 Å². The van der Waals surface area contributed by atoms with E-state index in [1.165, 1.54) is 0 Å². The first-order chi connectivity index (χ1) is 9.08. The normalized spacial score (nSPS) is 20.2. The highest BCUT2D eigenvalue weighted by Crippen LogP contribution is 2.17. The van der Waals surface area contributed by atoms with Crippen LogP contribution in [0.1, 0.15) is 39.5 Å². The van der Waals surface area contributed by atoms with Gasteiger partial charge in [0.05, 0.1) is 5.92 Å². The molecule has 1 aliphatic rings. The van der Waals surface area contributed by atoms with Gasteiger partial charge in [0.25, 0.3) is 0 Å². The summed E-state index contributed by atoms with van der Waals surface area (Å²) in [6.45, 7) is 7.93. The van der Waals surface area contributed by atoms with Crippen molar-refractivity contribution in [3.63, 3.8) is 0 Å². The topological polar surface area (TPSA) is 60.9 Å². The van der Waals surface area contributed by atoms with Crippen LogP contribution in [0.3, 0.4) is 0 Å². The predicted octanol–water partition coefficient (Wildman–Crippen LogP) is 1.43. The van der Waals surface area contributed by atoms with E-state index in [0.29, 0.717) is 13.0 Å². The van der Waals surface area contributed by atoms with Crippen molar-refractivity contribution in [2.45, 2.75) is 39.5 Å². The third-order valence-electron chi connectivity index (χ3n) is 3.84. The van der Waals surface area contributed by atoms with Gasteiger partial charge in [-0.05, 0) is 46.2 Å². The molecule has 0 bridgehead atoms. The lowest BCUT2D eigenvalue weighted by molar-refractivity contribution is -0.143. The summed E-state index contributed by atoms with van der Waals surface area (Å²) in [6, 6.07) is 0. The fourth-order valence-corrected chi connectivity index (χ4v) is 2.65. The van der Waals surface area contributed by atoms with Gasteiger partial charge in [0.15, 0.2) is 0 Å². The van der Waals surface area contributed by atoms with Gasteiger partial charge in [0, 0.05) is 26.1 Å². The minimum absolute atomic E-state index is 0.205. The zero-order valence-electron chi connectivity index (χ0n) is 12.1. The van der Waals surface area contributed by atoms with Gasteiger partial charge in [-0.1, -0.05) is 0 Å². The molecular formula is C14H26N2O3. The SMILES string of the molecule is CCN(CC)C(=O)CCCN1CCCC(C(=O)O)C1. The zero-order valence-corrected chi connectivity index (χ0v) is 12.1. The van der Waals surface area contributed by atoms with Crippen LogP contribution in [0, 0.1) is 5.92 Å². The Balaban J connectivity index is 2.25. The van der Waals surface area contributed by atoms with Crippen LogP contribution in [0.4, 0.5) is 0 Å². The van der Waals surface area contributed by atoms with Crippen molar-refractivity contribution in [2.24, 2.45) is 5.92 Å². The first-order valence-electron chi connectivity index (χ1n) is 7.31. The number of piperidine rings is 1. The zero-order chi connectivity index (χ0) is 14.3. The number of hydrogen-bond donors (Lipinski definition) is 1. The van der Waals surface area contributed by atoms with Gasteiger partial charge in [-0.15, -0.1) is 0 Å². The van der Waals surface area contributed by atoms with Crippen molar-refractivity contribution in [2.75, 3.05) is 32.7 Å². The van der Waals surface area contributed by atoms with Crippen LogP contribution in [-0.4, -0.2) is 59.5 Å². The van der Waals surface area contributed by atoms with E-state index >= 15 is 0 Å². The van der Waals surface area contributed by atoms with Gasteiger partial charge in [-0.2, -0.15) is 0 Å². The molecule has 0 aromatic heterocycles. The van der Waals surface area contributed by atoms with E-state index in [2.05, 4.69) is 4.90 Å². The first kappa shape index (κ1) is 16.0. The van der Waals surface area contributed by atoms with E-state index in [0.717, 1.165) is 45.4 Å². The second-order valence-electron chi connectivity index (χ2n) is 5.15. The maximum absolute atomic E-state index is 11.8. The number of hydrogen-bond acceptors (Lipinski definition) is 3. The second kappa shape index (κ2) is 8.15. The van der Waals surface area contributed by atoms with Gasteiger partial charge in [0.2, 0.25) is 5.91 Å². The number of nitrogens with zero attached hydrogens (tertiary/aromatic N) is 2. The summed E-state index contributed by atoms with van der Waals surface area (Å²) >= 11 is 0. The van der Waals surface area contributed by atoms with Crippen LogP contribution in [0.5, 0.6) is 0 Å². The molecule has 110 valence electrons. The third-order valence-corrected chi connectivity index (χ3v) is 3.84. The molecule has 0 saturated carbocycles. The van der Waals surface area contributed by atoms with Gasteiger partial charge in [-0.3, -0.25) is 9.59 Å². The van der Waals surface area contributed by atoms with E-state index in [1.807, 2.05) is 18.7 Å². The highest BCUT2D eigenvalue weighted by atomic mass is 16.4. The Kier molecular flexibility index (Phi) is 6.84. The molecule has 5 nitrogen and oxygen atoms in total. The summed E-state index contributed by atoms with van der Waals surface area (Å²) in [5.41, 5.74) is 0. The molecular weight excluding hydrogens is 244 g/mol.